The first-order valence-electron chi connectivity index (χ1n) is 7.34. The van der Waals surface area contributed by atoms with E-state index >= 15 is 0 Å². The summed E-state index contributed by atoms with van der Waals surface area (Å²) in [5, 5.41) is 3.24. The molecular weight excluding hydrogens is 414 g/mol. The minimum atomic E-state index is -4.79. The molecule has 0 atom stereocenters. The Morgan fingerprint density at radius 1 is 1.04 bits per heavy atom. The molecule has 1 N–H and O–H groups in total. The zero-order chi connectivity index (χ0) is 20.5. The van der Waals surface area contributed by atoms with Crippen molar-refractivity contribution >= 4 is 11.8 Å². The molecule has 0 bridgehead atoms. The van der Waals surface area contributed by atoms with Crippen LogP contribution < -0.4 is 5.56 Å². The number of thioether (sulfide) groups is 1. The zero-order valence-electron chi connectivity index (χ0n) is 13.4. The highest BCUT2D eigenvalue weighted by molar-refractivity contribution is 7.98. The van der Waals surface area contributed by atoms with Crippen LogP contribution in [0.3, 0.4) is 0 Å². The first-order valence-corrected chi connectivity index (χ1v) is 8.32. The van der Waals surface area contributed by atoms with Gasteiger partial charge >= 0.3 is 12.4 Å². The van der Waals surface area contributed by atoms with E-state index in [1.807, 2.05) is 0 Å². The Bertz CT molecular complexity index is 1040. The number of nitrogens with one attached hydrogen (secondary N) is 1. The number of benzene rings is 1. The van der Waals surface area contributed by atoms with Gasteiger partial charge in [-0.25, -0.2) is 4.98 Å². The molecule has 0 radical (unpaired) electrons. The maximum atomic E-state index is 12.8. The average molecular weight is 422 g/mol. The Morgan fingerprint density at radius 3 is 2.46 bits per heavy atom. The average Bonchev–Trinajstić information content (AvgIpc) is 3.07. The second-order valence-corrected chi connectivity index (χ2v) is 6.28. The van der Waals surface area contributed by atoms with Gasteiger partial charge in [0.1, 0.15) is 0 Å². The zero-order valence-corrected chi connectivity index (χ0v) is 14.2. The summed E-state index contributed by atoms with van der Waals surface area (Å²) in [6, 6.07) is 4.58. The summed E-state index contributed by atoms with van der Waals surface area (Å²) in [4.78, 5) is 20.6. The molecule has 0 fully saturated rings. The highest BCUT2D eigenvalue weighted by Crippen LogP contribution is 2.32. The highest BCUT2D eigenvalue weighted by Gasteiger charge is 2.33. The molecule has 28 heavy (non-hydrogen) atoms. The van der Waals surface area contributed by atoms with Crippen molar-refractivity contribution in [1.29, 1.82) is 0 Å². The second kappa shape index (κ2) is 7.30. The largest absolute Gasteiger partial charge is 0.433 e. The maximum Gasteiger partial charge on any atom is 0.433 e. The number of hydrogen-bond acceptors (Lipinski definition) is 6. The molecule has 148 valence electrons. The van der Waals surface area contributed by atoms with Crippen molar-refractivity contribution in [2.75, 3.05) is 0 Å². The number of hydrogen-bond donors (Lipinski definition) is 1. The number of aromatic amines is 1. The smallest absolute Gasteiger partial charge is 0.338 e. The van der Waals surface area contributed by atoms with Gasteiger partial charge in [0.05, 0.1) is 11.3 Å². The van der Waals surface area contributed by atoms with E-state index in [0.29, 0.717) is 17.8 Å². The molecule has 1 aromatic carbocycles. The molecule has 3 aromatic rings. The number of halogens is 6. The predicted octanol–water partition coefficient (Wildman–Crippen LogP) is 4.15. The molecule has 2 heterocycles. The van der Waals surface area contributed by atoms with Gasteiger partial charge in [-0.3, -0.25) is 4.79 Å². The lowest BCUT2D eigenvalue weighted by Crippen LogP contribution is -2.16. The van der Waals surface area contributed by atoms with Crippen LogP contribution in [-0.4, -0.2) is 20.1 Å². The normalized spacial score (nSPS) is 12.4. The first kappa shape index (κ1) is 19.9. The Hall–Kier alpha value is -2.83. The van der Waals surface area contributed by atoms with Crippen LogP contribution in [0.4, 0.5) is 26.3 Å². The van der Waals surface area contributed by atoms with Gasteiger partial charge in [0.2, 0.25) is 11.7 Å². The Morgan fingerprint density at radius 2 is 1.79 bits per heavy atom. The third-order valence-electron chi connectivity index (χ3n) is 3.26. The van der Waals surface area contributed by atoms with E-state index in [-0.39, 0.29) is 28.2 Å². The molecule has 0 amide bonds. The molecule has 2 aromatic heterocycles. The van der Waals surface area contributed by atoms with Crippen molar-refractivity contribution in [3.63, 3.8) is 0 Å². The number of rotatable bonds is 4. The van der Waals surface area contributed by atoms with Gasteiger partial charge in [0.25, 0.3) is 5.56 Å². The monoisotopic (exact) mass is 422 g/mol. The molecule has 13 heteroatoms. The topological polar surface area (TPSA) is 84.7 Å². The molecule has 6 nitrogen and oxygen atoms in total. The van der Waals surface area contributed by atoms with Gasteiger partial charge in [-0.15, -0.1) is 0 Å². The molecule has 0 saturated carbocycles. The fourth-order valence-corrected chi connectivity index (χ4v) is 2.76. The number of aromatic nitrogens is 4. The lowest BCUT2D eigenvalue weighted by Gasteiger charge is -2.06. The fourth-order valence-electron chi connectivity index (χ4n) is 2.04. The quantitative estimate of drug-likeness (QED) is 0.386. The summed E-state index contributed by atoms with van der Waals surface area (Å²) in [6.45, 7) is 0. The third kappa shape index (κ3) is 4.71. The van der Waals surface area contributed by atoms with Crippen LogP contribution in [0.2, 0.25) is 0 Å². The minimum absolute atomic E-state index is 0.0559. The van der Waals surface area contributed by atoms with E-state index in [1.165, 1.54) is 12.1 Å². The van der Waals surface area contributed by atoms with Crippen LogP contribution in [0, 0.1) is 0 Å². The van der Waals surface area contributed by atoms with E-state index in [2.05, 4.69) is 20.1 Å². The van der Waals surface area contributed by atoms with Crippen molar-refractivity contribution in [3.05, 3.63) is 57.8 Å². The predicted molar refractivity (Wildman–Crippen MR) is 84.2 cm³/mol. The van der Waals surface area contributed by atoms with E-state index in [1.54, 1.807) is 0 Å². The Labute approximate surface area is 156 Å². The van der Waals surface area contributed by atoms with Crippen LogP contribution in [0.15, 0.2) is 44.8 Å². The van der Waals surface area contributed by atoms with Crippen LogP contribution in [0.25, 0.3) is 11.4 Å². The summed E-state index contributed by atoms with van der Waals surface area (Å²) in [7, 11) is 0. The summed E-state index contributed by atoms with van der Waals surface area (Å²) in [6.07, 6.45) is -9.33. The molecule has 0 spiro atoms. The van der Waals surface area contributed by atoms with Crippen LogP contribution in [-0.2, 0) is 18.1 Å². The summed E-state index contributed by atoms with van der Waals surface area (Å²) in [5.41, 5.74) is -3.18. The molecular formula is C15H8F6N4O2S. The van der Waals surface area contributed by atoms with Crippen molar-refractivity contribution in [2.24, 2.45) is 0 Å². The van der Waals surface area contributed by atoms with Crippen LogP contribution in [0.1, 0.15) is 17.1 Å². The van der Waals surface area contributed by atoms with Gasteiger partial charge in [0, 0.05) is 11.6 Å². The third-order valence-corrected chi connectivity index (χ3v) is 4.12. The number of nitrogens with zero attached hydrogens (tertiary/aromatic N) is 3. The van der Waals surface area contributed by atoms with Gasteiger partial charge in [0.15, 0.2) is 10.9 Å². The van der Waals surface area contributed by atoms with E-state index < -0.39 is 29.2 Å². The molecule has 0 aliphatic rings. The van der Waals surface area contributed by atoms with Crippen LogP contribution in [0.5, 0.6) is 0 Å². The van der Waals surface area contributed by atoms with E-state index in [4.69, 9.17) is 4.52 Å². The summed E-state index contributed by atoms with van der Waals surface area (Å²) >= 11 is 0.691. The molecule has 0 aliphatic heterocycles. The van der Waals surface area contributed by atoms with Crippen molar-refractivity contribution in [1.82, 2.24) is 20.1 Å². The second-order valence-electron chi connectivity index (χ2n) is 5.31. The van der Waals surface area contributed by atoms with Gasteiger partial charge in [-0.1, -0.05) is 29.1 Å². The van der Waals surface area contributed by atoms with Gasteiger partial charge < -0.3 is 9.51 Å². The van der Waals surface area contributed by atoms with Gasteiger partial charge in [-0.2, -0.15) is 31.3 Å². The van der Waals surface area contributed by atoms with E-state index in [9.17, 15) is 31.1 Å². The van der Waals surface area contributed by atoms with Crippen molar-refractivity contribution in [3.8, 4) is 11.4 Å². The lowest BCUT2D eigenvalue weighted by molar-refractivity contribution is -0.141. The minimum Gasteiger partial charge on any atom is -0.338 e. The molecule has 0 unspecified atom stereocenters. The molecule has 3 rings (SSSR count). The van der Waals surface area contributed by atoms with Gasteiger partial charge in [-0.05, 0) is 12.1 Å². The fraction of sp³-hybridized carbons (Fsp3) is 0.200. The van der Waals surface area contributed by atoms with Crippen molar-refractivity contribution in [2.45, 2.75) is 23.3 Å². The SMILES string of the molecule is O=c1cc(C(F)(F)F)nc(SCc2nc(-c3cccc(C(F)(F)F)c3)no2)[nH]1. The number of H-pyrrole nitrogens is 1. The molecule has 0 saturated heterocycles. The Kier molecular flexibility index (Phi) is 5.19. The molecule has 0 aliphatic carbocycles. The maximum absolute atomic E-state index is 12.8. The van der Waals surface area contributed by atoms with E-state index in [0.717, 1.165) is 12.1 Å². The summed E-state index contributed by atoms with van der Waals surface area (Å²) < 4.78 is 81.2. The lowest BCUT2D eigenvalue weighted by atomic mass is 10.1. The number of alkyl halides is 6. The summed E-state index contributed by atoms with van der Waals surface area (Å²) in [5.74, 6) is -0.347. The standard InChI is InChI=1S/C15H8F6N4O2S/c16-14(17,18)8-3-1-2-7(4-8)12-24-11(27-25-12)6-28-13-22-9(15(19,20)21)5-10(26)23-13/h1-5H,6H2,(H,22,23,26). The van der Waals surface area contributed by atoms with Crippen LogP contribution >= 0.6 is 11.8 Å². The first-order chi connectivity index (χ1) is 13.0. The highest BCUT2D eigenvalue weighted by atomic mass is 32.2. The Balaban J connectivity index is 1.76. The van der Waals surface area contributed by atoms with Crippen molar-refractivity contribution < 1.29 is 30.9 Å².